The van der Waals surface area contributed by atoms with Crippen molar-refractivity contribution in [1.29, 1.82) is 0 Å². The third-order valence-electron chi connectivity index (χ3n) is 1.48. The molecule has 0 aliphatic rings. The molecule has 0 radical (unpaired) electrons. The van der Waals surface area contributed by atoms with Gasteiger partial charge in [-0.25, -0.2) is 0 Å². The minimum absolute atomic E-state index is 0.361. The van der Waals surface area contributed by atoms with Crippen LogP contribution in [0.3, 0.4) is 0 Å². The first kappa shape index (κ1) is 12.6. The molecule has 1 aromatic heterocycles. The van der Waals surface area contributed by atoms with Crippen LogP contribution >= 0.6 is 0 Å². The van der Waals surface area contributed by atoms with Crippen molar-refractivity contribution in [2.24, 2.45) is 0 Å². The van der Waals surface area contributed by atoms with Crippen LogP contribution in [0.5, 0.6) is 5.75 Å². The lowest BCUT2D eigenvalue weighted by molar-refractivity contribution is -0.0501. The second-order valence-electron chi connectivity index (χ2n) is 2.65. The second-order valence-corrected chi connectivity index (χ2v) is 4.19. The van der Waals surface area contributed by atoms with Crippen molar-refractivity contribution in [3.8, 4) is 5.75 Å². The van der Waals surface area contributed by atoms with Gasteiger partial charge in [0.25, 0.3) is 0 Å². The maximum Gasteiger partial charge on any atom is 0.534 e. The highest BCUT2D eigenvalue weighted by Crippen LogP contribution is 2.26. The molecule has 0 unspecified atom stereocenters. The van der Waals surface area contributed by atoms with Gasteiger partial charge in [0.05, 0.1) is 6.26 Å². The lowest BCUT2D eigenvalue weighted by atomic mass is 10.4. The molecule has 5 nitrogen and oxygen atoms in total. The first-order chi connectivity index (χ1) is 7.15. The number of hydrogen-bond acceptors (Lipinski definition) is 5. The molecular weight excluding hydrogens is 253 g/mol. The van der Waals surface area contributed by atoms with Gasteiger partial charge >= 0.3 is 15.6 Å². The van der Waals surface area contributed by atoms with Gasteiger partial charge in [-0.15, -0.1) is 0 Å². The number of hydrogen-bond donors (Lipinski definition) is 0. The number of rotatable bonds is 2. The topological polar surface area (TPSA) is 73.6 Å². The summed E-state index contributed by atoms with van der Waals surface area (Å²) in [7, 11) is -5.86. The first-order valence-electron chi connectivity index (χ1n) is 3.74. The molecule has 1 heterocycles. The van der Waals surface area contributed by atoms with Crippen LogP contribution in [-0.2, 0) is 10.1 Å². The molecule has 0 spiro atoms. The van der Waals surface area contributed by atoms with E-state index in [1.807, 2.05) is 0 Å². The summed E-state index contributed by atoms with van der Waals surface area (Å²) in [5.74, 6) is -1.36. The molecule has 0 amide bonds. The average molecular weight is 258 g/mol. The van der Waals surface area contributed by atoms with Crippen molar-refractivity contribution in [3.63, 3.8) is 0 Å². The van der Waals surface area contributed by atoms with E-state index in [0.29, 0.717) is 0 Å². The highest BCUT2D eigenvalue weighted by molar-refractivity contribution is 7.88. The molecule has 9 heteroatoms. The Morgan fingerprint density at radius 3 is 2.38 bits per heavy atom. The fraction of sp³-hybridized carbons (Fsp3) is 0.286. The average Bonchev–Trinajstić information content (AvgIpc) is 2.10. The van der Waals surface area contributed by atoms with Gasteiger partial charge in [0.15, 0.2) is 0 Å². The van der Waals surface area contributed by atoms with E-state index in [2.05, 4.69) is 8.60 Å². The van der Waals surface area contributed by atoms with E-state index in [9.17, 15) is 26.4 Å². The third-order valence-corrected chi connectivity index (χ3v) is 2.44. The summed E-state index contributed by atoms with van der Waals surface area (Å²) in [5, 5.41) is 0. The fourth-order valence-electron chi connectivity index (χ4n) is 0.757. The lowest BCUT2D eigenvalue weighted by Crippen LogP contribution is -2.29. The molecule has 90 valence electrons. The van der Waals surface area contributed by atoms with E-state index in [-0.39, 0.29) is 5.76 Å². The van der Waals surface area contributed by atoms with E-state index in [1.165, 1.54) is 0 Å². The SMILES string of the molecule is Cc1occc(=O)c1OS(=O)(=O)C(F)(F)F. The molecule has 0 saturated carbocycles. The zero-order chi connectivity index (χ0) is 12.6. The van der Waals surface area contributed by atoms with Gasteiger partial charge < -0.3 is 8.60 Å². The van der Waals surface area contributed by atoms with E-state index in [1.54, 1.807) is 0 Å². The number of alkyl halides is 3. The van der Waals surface area contributed by atoms with Gasteiger partial charge in [-0.05, 0) is 6.92 Å². The van der Waals surface area contributed by atoms with Gasteiger partial charge in [0.2, 0.25) is 11.2 Å². The summed E-state index contributed by atoms with van der Waals surface area (Å²) < 4.78 is 65.2. The van der Waals surface area contributed by atoms with Crippen LogP contribution < -0.4 is 9.61 Å². The molecule has 0 aliphatic carbocycles. The Morgan fingerprint density at radius 2 is 1.94 bits per heavy atom. The zero-order valence-electron chi connectivity index (χ0n) is 7.74. The van der Waals surface area contributed by atoms with E-state index in [0.717, 1.165) is 19.3 Å². The van der Waals surface area contributed by atoms with Gasteiger partial charge in [0.1, 0.15) is 5.76 Å². The molecular formula is C7H5F3O5S. The van der Waals surface area contributed by atoms with E-state index in [4.69, 9.17) is 0 Å². The van der Waals surface area contributed by atoms with Crippen LogP contribution in [0.25, 0.3) is 0 Å². The van der Waals surface area contributed by atoms with E-state index >= 15 is 0 Å². The molecule has 0 atom stereocenters. The summed E-state index contributed by atoms with van der Waals surface area (Å²) in [6, 6.07) is 0.744. The third kappa shape index (κ3) is 2.35. The second kappa shape index (κ2) is 3.81. The summed E-state index contributed by atoms with van der Waals surface area (Å²) in [5.41, 5.74) is -6.61. The van der Waals surface area contributed by atoms with Crippen molar-refractivity contribution in [2.45, 2.75) is 12.4 Å². The smallest absolute Gasteiger partial charge is 0.465 e. The van der Waals surface area contributed by atoms with Crippen LogP contribution in [0.15, 0.2) is 21.5 Å². The van der Waals surface area contributed by atoms with Crippen LogP contribution in [0.2, 0.25) is 0 Å². The number of aryl methyl sites for hydroxylation is 1. The minimum atomic E-state index is -5.86. The van der Waals surface area contributed by atoms with Crippen LogP contribution in [0.1, 0.15) is 5.76 Å². The summed E-state index contributed by atoms with van der Waals surface area (Å²) in [4.78, 5) is 11.0. The van der Waals surface area contributed by atoms with Gasteiger partial charge in [-0.1, -0.05) is 0 Å². The lowest BCUT2D eigenvalue weighted by Gasteiger charge is -2.09. The fourth-order valence-corrected chi connectivity index (χ4v) is 1.27. The Bertz CT molecular complexity index is 542. The monoisotopic (exact) mass is 258 g/mol. The Kier molecular flexibility index (Phi) is 2.99. The maximum absolute atomic E-state index is 11.9. The Labute approximate surface area is 87.6 Å². The van der Waals surface area contributed by atoms with Crippen LogP contribution in [-0.4, -0.2) is 13.9 Å². The predicted octanol–water partition coefficient (Wildman–Crippen LogP) is 1.18. The van der Waals surface area contributed by atoms with Crippen LogP contribution in [0.4, 0.5) is 13.2 Å². The van der Waals surface area contributed by atoms with Crippen molar-refractivity contribution in [1.82, 2.24) is 0 Å². The Balaban J connectivity index is 3.22. The summed E-state index contributed by atoms with van der Waals surface area (Å²) in [6.45, 7) is 1.10. The zero-order valence-corrected chi connectivity index (χ0v) is 8.55. The molecule has 0 aromatic carbocycles. The molecule has 0 N–H and O–H groups in total. The molecule has 1 rings (SSSR count). The van der Waals surface area contributed by atoms with Crippen molar-refractivity contribution in [3.05, 3.63) is 28.3 Å². The van der Waals surface area contributed by atoms with Gasteiger partial charge in [-0.2, -0.15) is 21.6 Å². The van der Waals surface area contributed by atoms with Gasteiger partial charge in [-0.3, -0.25) is 4.79 Å². The summed E-state index contributed by atoms with van der Waals surface area (Å²) in [6.07, 6.45) is 0.907. The Hall–Kier alpha value is -1.51. The quantitative estimate of drug-likeness (QED) is 0.588. The Morgan fingerprint density at radius 1 is 1.38 bits per heavy atom. The summed E-state index contributed by atoms with van der Waals surface area (Å²) >= 11 is 0. The normalized spacial score (nSPS) is 12.5. The van der Waals surface area contributed by atoms with Crippen LogP contribution in [0, 0.1) is 6.92 Å². The van der Waals surface area contributed by atoms with E-state index < -0.39 is 26.8 Å². The molecule has 16 heavy (non-hydrogen) atoms. The number of halogens is 3. The largest absolute Gasteiger partial charge is 0.534 e. The highest BCUT2D eigenvalue weighted by atomic mass is 32.2. The minimum Gasteiger partial charge on any atom is -0.465 e. The maximum atomic E-state index is 11.9. The molecule has 0 fully saturated rings. The predicted molar refractivity (Wildman–Crippen MR) is 45.3 cm³/mol. The van der Waals surface area contributed by atoms with Crippen molar-refractivity contribution >= 4 is 10.1 Å². The molecule has 0 aliphatic heterocycles. The molecule has 1 aromatic rings. The first-order valence-corrected chi connectivity index (χ1v) is 5.15. The standard InChI is InChI=1S/C7H5F3O5S/c1-4-6(5(11)2-3-14-4)15-16(12,13)7(8,9)10/h2-3H,1H3. The van der Waals surface area contributed by atoms with Gasteiger partial charge in [0, 0.05) is 6.07 Å². The van der Waals surface area contributed by atoms with Crippen molar-refractivity contribution < 1.29 is 30.2 Å². The highest BCUT2D eigenvalue weighted by Gasteiger charge is 2.49. The van der Waals surface area contributed by atoms with Crippen molar-refractivity contribution in [2.75, 3.05) is 0 Å². The molecule has 0 bridgehead atoms. The molecule has 0 saturated heterocycles.